The van der Waals surface area contributed by atoms with Crippen LogP contribution in [0.2, 0.25) is 0 Å². The molecule has 0 heterocycles. The Bertz CT molecular complexity index is 470. The molecule has 3 nitrogen and oxygen atoms in total. The van der Waals surface area contributed by atoms with Gasteiger partial charge in [0.05, 0.1) is 0 Å². The maximum absolute atomic E-state index is 12.2. The zero-order valence-electron chi connectivity index (χ0n) is 13.0. The maximum Gasteiger partial charge on any atom is 0.326 e. The molecule has 0 saturated carbocycles. The fourth-order valence-electron chi connectivity index (χ4n) is 1.59. The summed E-state index contributed by atoms with van der Waals surface area (Å²) in [6.45, 7) is 9.15. The predicted molar refractivity (Wildman–Crippen MR) is 83.1 cm³/mol. The van der Waals surface area contributed by atoms with Crippen LogP contribution in [0, 0.1) is 5.92 Å². The van der Waals surface area contributed by atoms with E-state index < -0.39 is 11.1 Å². The number of carbonyl (C=O) groups is 1. The molecule has 110 valence electrons. The lowest BCUT2D eigenvalue weighted by atomic mass is 9.87. The average Bonchev–Trinajstić information content (AvgIpc) is 2.35. The Labute approximate surface area is 121 Å². The minimum absolute atomic E-state index is 0.127. The van der Waals surface area contributed by atoms with Crippen molar-refractivity contribution >= 4 is 12.0 Å². The topological polar surface area (TPSA) is 52.3 Å². The molecule has 2 atom stereocenters. The summed E-state index contributed by atoms with van der Waals surface area (Å²) in [4.78, 5) is 12.2. The van der Waals surface area contributed by atoms with Crippen molar-refractivity contribution in [1.82, 2.24) is 0 Å². The van der Waals surface area contributed by atoms with Gasteiger partial charge in [0, 0.05) is 5.92 Å². The van der Waals surface area contributed by atoms with Crippen molar-refractivity contribution in [3.05, 3.63) is 42.0 Å². The molecule has 3 heteroatoms. The fourth-order valence-corrected chi connectivity index (χ4v) is 1.59. The average molecular weight is 275 g/mol. The van der Waals surface area contributed by atoms with Gasteiger partial charge in [-0.05, 0) is 33.3 Å². The molecule has 2 N–H and O–H groups in total. The summed E-state index contributed by atoms with van der Waals surface area (Å²) in [5, 5.41) is 0. The van der Waals surface area contributed by atoms with E-state index in [0.29, 0.717) is 0 Å². The van der Waals surface area contributed by atoms with Crippen LogP contribution in [0.5, 0.6) is 0 Å². The van der Waals surface area contributed by atoms with E-state index in [1.54, 1.807) is 6.92 Å². The van der Waals surface area contributed by atoms with Gasteiger partial charge in [-0.1, -0.05) is 49.4 Å². The Balaban J connectivity index is 2.76. The molecule has 0 aromatic heterocycles. The molecule has 1 aromatic carbocycles. The summed E-state index contributed by atoms with van der Waals surface area (Å²) in [6, 6.07) is 9.92. The molecule has 0 fully saturated rings. The van der Waals surface area contributed by atoms with Crippen LogP contribution in [0.3, 0.4) is 0 Å². The van der Waals surface area contributed by atoms with Crippen molar-refractivity contribution in [2.45, 2.75) is 45.8 Å². The van der Waals surface area contributed by atoms with E-state index in [1.807, 2.05) is 70.2 Å². The summed E-state index contributed by atoms with van der Waals surface area (Å²) in [5.74, 6) is -0.507. The minimum Gasteiger partial charge on any atom is -0.459 e. The van der Waals surface area contributed by atoms with Crippen molar-refractivity contribution in [2.24, 2.45) is 11.7 Å². The zero-order valence-corrected chi connectivity index (χ0v) is 13.0. The van der Waals surface area contributed by atoms with Gasteiger partial charge in [-0.15, -0.1) is 0 Å². The summed E-state index contributed by atoms with van der Waals surface area (Å²) in [7, 11) is 0. The fraction of sp³-hybridized carbons (Fsp3) is 0.471. The largest absolute Gasteiger partial charge is 0.459 e. The second-order valence-electron chi connectivity index (χ2n) is 6.34. The van der Waals surface area contributed by atoms with Gasteiger partial charge in [0.15, 0.2) is 0 Å². The molecule has 20 heavy (non-hydrogen) atoms. The monoisotopic (exact) mass is 275 g/mol. The van der Waals surface area contributed by atoms with Crippen LogP contribution in [0.4, 0.5) is 0 Å². The standard InChI is InChI=1S/C17H25NO2/c1-13(11-12-14-9-7-6-8-10-14)17(5,18)15(19)20-16(2,3)4/h6-13H,18H2,1-5H3/b12-11+/t13-,17+/m0/s1. The van der Waals surface area contributed by atoms with Gasteiger partial charge in [-0.3, -0.25) is 4.79 Å². The van der Waals surface area contributed by atoms with Gasteiger partial charge < -0.3 is 10.5 Å². The predicted octanol–water partition coefficient (Wildman–Crippen LogP) is 3.40. The lowest BCUT2D eigenvalue weighted by molar-refractivity contribution is -0.162. The highest BCUT2D eigenvalue weighted by Crippen LogP contribution is 2.21. The highest BCUT2D eigenvalue weighted by molar-refractivity contribution is 5.81. The Kier molecular flexibility index (Phi) is 5.12. The molecule has 0 saturated heterocycles. The minimum atomic E-state index is -1.04. The number of hydrogen-bond acceptors (Lipinski definition) is 3. The Morgan fingerprint density at radius 1 is 1.20 bits per heavy atom. The van der Waals surface area contributed by atoms with Crippen molar-refractivity contribution in [3.8, 4) is 0 Å². The van der Waals surface area contributed by atoms with E-state index in [4.69, 9.17) is 10.5 Å². The SMILES string of the molecule is C[C@@H](/C=C/c1ccccc1)[C@@](C)(N)C(=O)OC(C)(C)C. The molecule has 0 amide bonds. The van der Waals surface area contributed by atoms with Crippen molar-refractivity contribution in [2.75, 3.05) is 0 Å². The molecular weight excluding hydrogens is 250 g/mol. The number of ether oxygens (including phenoxy) is 1. The number of rotatable bonds is 4. The first kappa shape index (κ1) is 16.4. The van der Waals surface area contributed by atoms with E-state index in [9.17, 15) is 4.79 Å². The summed E-state index contributed by atoms with van der Waals surface area (Å²) >= 11 is 0. The van der Waals surface area contributed by atoms with E-state index >= 15 is 0 Å². The van der Waals surface area contributed by atoms with Crippen LogP contribution < -0.4 is 5.73 Å². The molecular formula is C17H25NO2. The number of nitrogens with two attached hydrogens (primary N) is 1. The first-order chi connectivity index (χ1) is 9.13. The lowest BCUT2D eigenvalue weighted by Crippen LogP contribution is -2.52. The number of carbonyl (C=O) groups excluding carboxylic acids is 1. The molecule has 0 aliphatic carbocycles. The van der Waals surface area contributed by atoms with Gasteiger partial charge >= 0.3 is 5.97 Å². The lowest BCUT2D eigenvalue weighted by Gasteiger charge is -2.31. The van der Waals surface area contributed by atoms with Gasteiger partial charge in [-0.25, -0.2) is 0 Å². The van der Waals surface area contributed by atoms with Gasteiger partial charge in [0.25, 0.3) is 0 Å². The third kappa shape index (κ3) is 4.82. The Morgan fingerprint density at radius 3 is 2.25 bits per heavy atom. The second kappa shape index (κ2) is 6.23. The van der Waals surface area contributed by atoms with Gasteiger partial charge in [0.2, 0.25) is 0 Å². The van der Waals surface area contributed by atoms with Crippen LogP contribution in [-0.4, -0.2) is 17.1 Å². The maximum atomic E-state index is 12.2. The molecule has 0 spiro atoms. The van der Waals surface area contributed by atoms with E-state index in [0.717, 1.165) is 5.56 Å². The first-order valence-corrected chi connectivity index (χ1v) is 6.88. The smallest absolute Gasteiger partial charge is 0.326 e. The van der Waals surface area contributed by atoms with Crippen molar-refractivity contribution < 1.29 is 9.53 Å². The molecule has 0 aliphatic heterocycles. The van der Waals surface area contributed by atoms with Gasteiger partial charge in [-0.2, -0.15) is 0 Å². The van der Waals surface area contributed by atoms with Crippen LogP contribution >= 0.6 is 0 Å². The highest BCUT2D eigenvalue weighted by atomic mass is 16.6. The van der Waals surface area contributed by atoms with Crippen LogP contribution in [-0.2, 0) is 9.53 Å². The van der Waals surface area contributed by atoms with Crippen LogP contribution in [0.15, 0.2) is 36.4 Å². The molecule has 0 bridgehead atoms. The Morgan fingerprint density at radius 2 is 1.75 bits per heavy atom. The molecule has 1 rings (SSSR count). The van der Waals surface area contributed by atoms with Crippen molar-refractivity contribution in [1.29, 1.82) is 0 Å². The zero-order chi connectivity index (χ0) is 15.4. The number of esters is 1. The summed E-state index contributed by atoms with van der Waals surface area (Å²) in [5.41, 5.74) is 5.66. The number of benzene rings is 1. The number of hydrogen-bond donors (Lipinski definition) is 1. The molecule has 1 aromatic rings. The molecule has 0 unspecified atom stereocenters. The van der Waals surface area contributed by atoms with Crippen LogP contribution in [0.1, 0.15) is 40.2 Å². The third-order valence-electron chi connectivity index (χ3n) is 3.16. The highest BCUT2D eigenvalue weighted by Gasteiger charge is 2.37. The van der Waals surface area contributed by atoms with Crippen LogP contribution in [0.25, 0.3) is 6.08 Å². The second-order valence-corrected chi connectivity index (χ2v) is 6.34. The van der Waals surface area contributed by atoms with E-state index in [1.165, 1.54) is 0 Å². The van der Waals surface area contributed by atoms with E-state index in [-0.39, 0.29) is 11.9 Å². The quantitative estimate of drug-likeness (QED) is 0.857. The normalized spacial score (nSPS) is 16.7. The first-order valence-electron chi connectivity index (χ1n) is 6.88. The third-order valence-corrected chi connectivity index (χ3v) is 3.16. The molecule has 0 aliphatic rings. The summed E-state index contributed by atoms with van der Waals surface area (Å²) in [6.07, 6.45) is 3.92. The summed E-state index contributed by atoms with van der Waals surface area (Å²) < 4.78 is 5.38. The van der Waals surface area contributed by atoms with Crippen molar-refractivity contribution in [3.63, 3.8) is 0 Å². The van der Waals surface area contributed by atoms with Gasteiger partial charge in [0.1, 0.15) is 11.1 Å². The Hall–Kier alpha value is -1.61. The van der Waals surface area contributed by atoms with E-state index in [2.05, 4.69) is 0 Å². The molecule has 0 radical (unpaired) electrons.